The number of aliphatic carboxylic acids is 1. The van der Waals surface area contributed by atoms with Crippen molar-refractivity contribution >= 4 is 12.0 Å². The maximum Gasteiger partial charge on any atom is 0.332 e. The Bertz CT molecular complexity index is 338. The maximum absolute atomic E-state index is 12.1. The third-order valence-corrected chi connectivity index (χ3v) is 3.57. The van der Waals surface area contributed by atoms with Gasteiger partial charge in [-0.2, -0.15) is 0 Å². The number of hydrogen-bond acceptors (Lipinski definition) is 5. The van der Waals surface area contributed by atoms with Crippen LogP contribution in [0.1, 0.15) is 6.42 Å². The number of carbonyl (C=O) groups is 2. The minimum atomic E-state index is -0.780. The van der Waals surface area contributed by atoms with E-state index in [4.69, 9.17) is 9.84 Å². The van der Waals surface area contributed by atoms with Crippen molar-refractivity contribution < 1.29 is 19.4 Å². The number of nitrogens with zero attached hydrogens (tertiary/aromatic N) is 3. The Hall–Kier alpha value is -1.38. The van der Waals surface area contributed by atoms with Crippen LogP contribution in [0.15, 0.2) is 0 Å². The van der Waals surface area contributed by atoms with Crippen LogP contribution in [0.4, 0.5) is 4.79 Å². The fraction of sp³-hybridized carbons (Fsp3) is 0.833. The summed E-state index contributed by atoms with van der Waals surface area (Å²) in [6, 6.07) is -0.0789. The quantitative estimate of drug-likeness (QED) is 0.692. The Kier molecular flexibility index (Phi) is 5.57. The van der Waals surface area contributed by atoms with E-state index in [0.717, 1.165) is 13.1 Å². The monoisotopic (exact) mass is 286 g/mol. The molecule has 2 N–H and O–H groups in total. The van der Waals surface area contributed by atoms with Gasteiger partial charge in [0.15, 0.2) is 0 Å². The van der Waals surface area contributed by atoms with Gasteiger partial charge >= 0.3 is 12.0 Å². The van der Waals surface area contributed by atoms with Crippen molar-refractivity contribution in [2.75, 3.05) is 59.0 Å². The summed E-state index contributed by atoms with van der Waals surface area (Å²) < 4.78 is 5.23. The van der Waals surface area contributed by atoms with E-state index in [0.29, 0.717) is 45.9 Å². The number of ether oxygens (including phenoxy) is 1. The summed E-state index contributed by atoms with van der Waals surface area (Å²) in [6.07, 6.45) is 0.153. The Morgan fingerprint density at radius 2 is 1.70 bits per heavy atom. The zero-order valence-electron chi connectivity index (χ0n) is 11.6. The first-order valence-electron chi connectivity index (χ1n) is 6.97. The Balaban J connectivity index is 1.67. The fourth-order valence-electron chi connectivity index (χ4n) is 2.31. The van der Waals surface area contributed by atoms with Crippen molar-refractivity contribution in [1.29, 1.82) is 0 Å². The Morgan fingerprint density at radius 1 is 1.05 bits per heavy atom. The number of urea groups is 1. The van der Waals surface area contributed by atoms with Crippen LogP contribution in [-0.4, -0.2) is 90.9 Å². The van der Waals surface area contributed by atoms with E-state index in [-0.39, 0.29) is 12.5 Å². The van der Waals surface area contributed by atoms with Crippen molar-refractivity contribution in [3.63, 3.8) is 0 Å². The molecule has 2 aliphatic heterocycles. The lowest BCUT2D eigenvalue weighted by Gasteiger charge is -2.36. The molecule has 2 saturated heterocycles. The SMILES string of the molecule is O=C(O)CCN1CCN(C(=O)NN2CCOCC2)CC1. The van der Waals surface area contributed by atoms with E-state index in [9.17, 15) is 9.59 Å². The molecule has 2 amide bonds. The van der Waals surface area contributed by atoms with Gasteiger partial charge in [0.25, 0.3) is 0 Å². The van der Waals surface area contributed by atoms with Crippen LogP contribution in [-0.2, 0) is 9.53 Å². The standard InChI is InChI=1S/C12H22N4O4/c17-11(18)1-2-14-3-5-15(6-4-14)12(19)13-16-7-9-20-10-8-16/h1-10H2,(H,13,19)(H,17,18). The average molecular weight is 286 g/mol. The van der Waals surface area contributed by atoms with E-state index in [2.05, 4.69) is 10.3 Å². The number of hydrogen-bond donors (Lipinski definition) is 2. The van der Waals surface area contributed by atoms with E-state index >= 15 is 0 Å². The summed E-state index contributed by atoms with van der Waals surface area (Å²) in [5.41, 5.74) is 2.88. The normalized spacial score (nSPS) is 21.7. The van der Waals surface area contributed by atoms with Crippen LogP contribution in [0.25, 0.3) is 0 Å². The number of hydrazine groups is 1. The number of carboxylic acids is 1. The van der Waals surface area contributed by atoms with Gasteiger partial charge in [0, 0.05) is 45.8 Å². The van der Waals surface area contributed by atoms with Crippen molar-refractivity contribution in [3.8, 4) is 0 Å². The highest BCUT2D eigenvalue weighted by Gasteiger charge is 2.23. The zero-order valence-corrected chi connectivity index (χ0v) is 11.6. The Morgan fingerprint density at radius 3 is 2.30 bits per heavy atom. The van der Waals surface area contributed by atoms with Gasteiger partial charge in [-0.15, -0.1) is 0 Å². The second kappa shape index (κ2) is 7.41. The average Bonchev–Trinajstić information content (AvgIpc) is 2.46. The van der Waals surface area contributed by atoms with Crippen LogP contribution in [0.5, 0.6) is 0 Å². The van der Waals surface area contributed by atoms with E-state index in [1.54, 1.807) is 4.90 Å². The summed E-state index contributed by atoms with van der Waals surface area (Å²) in [4.78, 5) is 26.4. The van der Waals surface area contributed by atoms with Gasteiger partial charge in [0.1, 0.15) is 0 Å². The number of piperazine rings is 1. The minimum absolute atomic E-state index is 0.0789. The number of nitrogens with one attached hydrogen (secondary N) is 1. The lowest BCUT2D eigenvalue weighted by molar-refractivity contribution is -0.137. The zero-order chi connectivity index (χ0) is 14.4. The molecule has 0 unspecified atom stereocenters. The van der Waals surface area contributed by atoms with Gasteiger partial charge in [-0.1, -0.05) is 0 Å². The van der Waals surface area contributed by atoms with Gasteiger partial charge in [-0.25, -0.2) is 9.80 Å². The predicted octanol–water partition coefficient (Wildman–Crippen LogP) is -0.964. The third kappa shape index (κ3) is 4.62. The summed E-state index contributed by atoms with van der Waals surface area (Å²) in [7, 11) is 0. The molecule has 2 aliphatic rings. The highest BCUT2D eigenvalue weighted by atomic mass is 16.5. The van der Waals surface area contributed by atoms with Gasteiger partial charge in [-0.3, -0.25) is 15.1 Å². The molecule has 0 aromatic carbocycles. The number of morpholine rings is 1. The summed E-state index contributed by atoms with van der Waals surface area (Å²) in [5, 5.41) is 10.5. The first-order chi connectivity index (χ1) is 9.65. The summed E-state index contributed by atoms with van der Waals surface area (Å²) >= 11 is 0. The lowest BCUT2D eigenvalue weighted by atomic mass is 10.3. The van der Waals surface area contributed by atoms with Gasteiger partial charge < -0.3 is 14.7 Å². The fourth-order valence-corrected chi connectivity index (χ4v) is 2.31. The molecule has 0 spiro atoms. The van der Waals surface area contributed by atoms with Crippen LogP contribution in [0, 0.1) is 0 Å². The second-order valence-electron chi connectivity index (χ2n) is 4.99. The van der Waals surface area contributed by atoms with E-state index in [1.165, 1.54) is 0 Å². The van der Waals surface area contributed by atoms with Crippen molar-refractivity contribution in [3.05, 3.63) is 0 Å². The molecule has 0 bridgehead atoms. The molecule has 0 aliphatic carbocycles. The molecule has 2 heterocycles. The van der Waals surface area contributed by atoms with Gasteiger partial charge in [0.05, 0.1) is 19.6 Å². The van der Waals surface area contributed by atoms with Crippen LogP contribution in [0.2, 0.25) is 0 Å². The molecule has 8 heteroatoms. The number of rotatable bonds is 4. The topological polar surface area (TPSA) is 85.3 Å². The minimum Gasteiger partial charge on any atom is -0.481 e. The van der Waals surface area contributed by atoms with Crippen molar-refractivity contribution in [2.24, 2.45) is 0 Å². The maximum atomic E-state index is 12.1. The molecular formula is C12H22N4O4. The van der Waals surface area contributed by atoms with Gasteiger partial charge in [0.2, 0.25) is 0 Å². The molecule has 0 aromatic rings. The Labute approximate surface area is 118 Å². The number of amides is 2. The molecule has 0 radical (unpaired) electrons. The smallest absolute Gasteiger partial charge is 0.332 e. The summed E-state index contributed by atoms with van der Waals surface area (Å²) in [6.45, 7) is 5.98. The van der Waals surface area contributed by atoms with Crippen LogP contribution in [0.3, 0.4) is 0 Å². The predicted molar refractivity (Wildman–Crippen MR) is 71.2 cm³/mol. The van der Waals surface area contributed by atoms with Gasteiger partial charge in [-0.05, 0) is 0 Å². The summed E-state index contributed by atoms with van der Waals surface area (Å²) in [5.74, 6) is -0.780. The molecule has 2 rings (SSSR count). The van der Waals surface area contributed by atoms with Crippen molar-refractivity contribution in [2.45, 2.75) is 6.42 Å². The molecule has 0 saturated carbocycles. The first-order valence-corrected chi connectivity index (χ1v) is 6.97. The van der Waals surface area contributed by atoms with Crippen LogP contribution >= 0.6 is 0 Å². The number of carbonyl (C=O) groups excluding carboxylic acids is 1. The molecule has 0 aromatic heterocycles. The highest BCUT2D eigenvalue weighted by Crippen LogP contribution is 2.04. The van der Waals surface area contributed by atoms with Crippen LogP contribution < -0.4 is 5.43 Å². The largest absolute Gasteiger partial charge is 0.481 e. The van der Waals surface area contributed by atoms with Crippen molar-refractivity contribution in [1.82, 2.24) is 20.2 Å². The van der Waals surface area contributed by atoms with E-state index < -0.39 is 5.97 Å². The lowest BCUT2D eigenvalue weighted by Crippen LogP contribution is -2.57. The number of carboxylic acid groups (broad SMARTS) is 1. The first kappa shape index (κ1) is 15.0. The third-order valence-electron chi connectivity index (χ3n) is 3.57. The molecule has 114 valence electrons. The van der Waals surface area contributed by atoms with E-state index in [1.807, 2.05) is 5.01 Å². The molecule has 20 heavy (non-hydrogen) atoms. The molecule has 8 nitrogen and oxygen atoms in total. The molecular weight excluding hydrogens is 264 g/mol. The molecule has 0 atom stereocenters. The highest BCUT2D eigenvalue weighted by molar-refractivity contribution is 5.73. The molecule has 2 fully saturated rings. The second-order valence-corrected chi connectivity index (χ2v) is 4.99.